The molecule has 22 heavy (non-hydrogen) atoms. The van der Waals surface area contributed by atoms with Crippen LogP contribution in [0.1, 0.15) is 30.1 Å². The maximum atomic E-state index is 13.2. The van der Waals surface area contributed by atoms with Crippen LogP contribution in [0.3, 0.4) is 0 Å². The van der Waals surface area contributed by atoms with Gasteiger partial charge in [0.2, 0.25) is 0 Å². The van der Waals surface area contributed by atoms with Crippen molar-refractivity contribution in [3.63, 3.8) is 0 Å². The van der Waals surface area contributed by atoms with E-state index >= 15 is 0 Å². The van der Waals surface area contributed by atoms with E-state index < -0.39 is 10.7 Å². The van der Waals surface area contributed by atoms with Crippen LogP contribution in [0.5, 0.6) is 0 Å². The Labute approximate surface area is 127 Å². The van der Waals surface area contributed by atoms with Gasteiger partial charge >= 0.3 is 0 Å². The number of aryl methyl sites for hydroxylation is 1. The number of nitro groups is 1. The molecule has 0 radical (unpaired) electrons. The van der Waals surface area contributed by atoms with Crippen LogP contribution in [-0.2, 0) is 19.5 Å². The van der Waals surface area contributed by atoms with Crippen LogP contribution in [0.25, 0.3) is 0 Å². The predicted octanol–water partition coefficient (Wildman–Crippen LogP) is 3.19. The van der Waals surface area contributed by atoms with E-state index in [4.69, 9.17) is 0 Å². The molecule has 0 saturated heterocycles. The van der Waals surface area contributed by atoms with E-state index in [9.17, 15) is 14.5 Å². The largest absolute Gasteiger partial charge is 0.374 e. The second kappa shape index (κ2) is 5.75. The molecule has 3 rings (SSSR count). The number of hydrogen-bond donors (Lipinski definition) is 1. The molecule has 0 amide bonds. The molecule has 0 saturated carbocycles. The average Bonchev–Trinajstić information content (AvgIpc) is 2.83. The minimum Gasteiger partial charge on any atom is -0.374 e. The van der Waals surface area contributed by atoms with Crippen molar-refractivity contribution >= 4 is 11.4 Å². The molecule has 1 aromatic heterocycles. The van der Waals surface area contributed by atoms with Gasteiger partial charge in [-0.3, -0.25) is 10.1 Å². The molecule has 2 heterocycles. The zero-order valence-electron chi connectivity index (χ0n) is 12.3. The molecule has 0 atom stereocenters. The number of anilines is 1. The third-order valence-electron chi connectivity index (χ3n) is 3.99. The lowest BCUT2D eigenvalue weighted by atomic mass is 10.1. The van der Waals surface area contributed by atoms with Crippen molar-refractivity contribution in [3.8, 4) is 0 Å². The van der Waals surface area contributed by atoms with Gasteiger partial charge < -0.3 is 9.88 Å². The highest BCUT2D eigenvalue weighted by molar-refractivity contribution is 5.61. The Morgan fingerprint density at radius 2 is 2.27 bits per heavy atom. The van der Waals surface area contributed by atoms with E-state index in [-0.39, 0.29) is 5.69 Å². The fraction of sp³-hybridized carbons (Fsp3) is 0.400. The van der Waals surface area contributed by atoms with Gasteiger partial charge in [0, 0.05) is 12.2 Å². The van der Waals surface area contributed by atoms with Crippen molar-refractivity contribution in [2.75, 3.05) is 5.32 Å². The number of nitrogens with one attached hydrogen (secondary N) is 1. The molecular formula is C15H17FN4O2. The van der Waals surface area contributed by atoms with Gasteiger partial charge in [0.15, 0.2) is 0 Å². The molecule has 0 fully saturated rings. The minimum atomic E-state index is -0.618. The Morgan fingerprint density at radius 1 is 1.45 bits per heavy atom. The van der Waals surface area contributed by atoms with E-state index in [1.54, 1.807) is 0 Å². The first-order chi connectivity index (χ1) is 10.6. The van der Waals surface area contributed by atoms with Crippen LogP contribution < -0.4 is 5.32 Å². The molecule has 7 heteroatoms. The van der Waals surface area contributed by atoms with Crippen LogP contribution in [0.4, 0.5) is 15.8 Å². The maximum absolute atomic E-state index is 13.2. The molecule has 1 N–H and O–H groups in total. The van der Waals surface area contributed by atoms with Crippen molar-refractivity contribution < 1.29 is 9.31 Å². The molecule has 0 aliphatic carbocycles. The molecule has 0 spiro atoms. The molecule has 0 unspecified atom stereocenters. The summed E-state index contributed by atoms with van der Waals surface area (Å²) in [6, 6.07) is 3.53. The van der Waals surface area contributed by atoms with Crippen molar-refractivity contribution in [3.05, 3.63) is 51.3 Å². The van der Waals surface area contributed by atoms with E-state index in [1.807, 2.05) is 6.92 Å². The van der Waals surface area contributed by atoms with Gasteiger partial charge in [0.25, 0.3) is 5.69 Å². The lowest BCUT2D eigenvalue weighted by Crippen LogP contribution is -2.13. The quantitative estimate of drug-likeness (QED) is 0.695. The molecule has 0 bridgehead atoms. The Balaban J connectivity index is 1.83. The van der Waals surface area contributed by atoms with Gasteiger partial charge in [-0.05, 0) is 38.3 Å². The van der Waals surface area contributed by atoms with Gasteiger partial charge in [-0.15, -0.1) is 0 Å². The highest BCUT2D eigenvalue weighted by atomic mass is 19.1. The number of aromatic nitrogens is 2. The number of rotatable bonds is 4. The molecule has 6 nitrogen and oxygen atoms in total. The standard InChI is InChI=1S/C15H17FN4O2/c1-10-18-13(14-4-2-3-7-19(10)14)9-17-12-6-5-11(16)8-15(12)20(21)22/h5-6,8,17H,2-4,7,9H2,1H3. The normalized spacial score (nSPS) is 13.7. The van der Waals surface area contributed by atoms with E-state index in [2.05, 4.69) is 14.9 Å². The first kappa shape index (κ1) is 14.5. The summed E-state index contributed by atoms with van der Waals surface area (Å²) >= 11 is 0. The number of halogens is 1. The SMILES string of the molecule is Cc1nc(CNc2ccc(F)cc2[N+](=O)[O-])c2n1CCCC2. The molecular weight excluding hydrogens is 287 g/mol. The summed E-state index contributed by atoms with van der Waals surface area (Å²) in [6.45, 7) is 3.35. The summed E-state index contributed by atoms with van der Waals surface area (Å²) in [5, 5.41) is 14.0. The second-order valence-corrected chi connectivity index (χ2v) is 5.43. The summed E-state index contributed by atoms with van der Waals surface area (Å²) in [5.41, 5.74) is 2.16. The number of benzene rings is 1. The van der Waals surface area contributed by atoms with Crippen LogP contribution in [-0.4, -0.2) is 14.5 Å². The Kier molecular flexibility index (Phi) is 3.79. The summed E-state index contributed by atoms with van der Waals surface area (Å²) in [5.74, 6) is 0.354. The summed E-state index contributed by atoms with van der Waals surface area (Å²) in [6.07, 6.45) is 3.26. The molecule has 1 aliphatic rings. The average molecular weight is 304 g/mol. The summed E-state index contributed by atoms with van der Waals surface area (Å²) < 4.78 is 15.4. The van der Waals surface area contributed by atoms with E-state index in [1.165, 1.54) is 17.8 Å². The third kappa shape index (κ3) is 2.66. The van der Waals surface area contributed by atoms with E-state index in [0.29, 0.717) is 12.2 Å². The third-order valence-corrected chi connectivity index (χ3v) is 3.99. The Morgan fingerprint density at radius 3 is 3.05 bits per heavy atom. The zero-order valence-corrected chi connectivity index (χ0v) is 12.3. The lowest BCUT2D eigenvalue weighted by molar-refractivity contribution is -0.384. The number of imidazole rings is 1. The van der Waals surface area contributed by atoms with Crippen LogP contribution >= 0.6 is 0 Å². The van der Waals surface area contributed by atoms with Crippen LogP contribution in [0, 0.1) is 22.9 Å². The topological polar surface area (TPSA) is 73.0 Å². The van der Waals surface area contributed by atoms with Crippen molar-refractivity contribution in [2.45, 2.75) is 39.3 Å². The fourth-order valence-corrected chi connectivity index (χ4v) is 2.94. The number of nitrogens with zero attached hydrogens (tertiary/aromatic N) is 3. The molecule has 116 valence electrons. The fourth-order valence-electron chi connectivity index (χ4n) is 2.94. The zero-order chi connectivity index (χ0) is 15.7. The first-order valence-corrected chi connectivity index (χ1v) is 7.29. The first-order valence-electron chi connectivity index (χ1n) is 7.29. The molecule has 1 aliphatic heterocycles. The van der Waals surface area contributed by atoms with Gasteiger partial charge in [0.05, 0.1) is 23.2 Å². The van der Waals surface area contributed by atoms with Gasteiger partial charge in [-0.1, -0.05) is 0 Å². The van der Waals surface area contributed by atoms with E-state index in [0.717, 1.165) is 43.4 Å². The minimum absolute atomic E-state index is 0.259. The van der Waals surface area contributed by atoms with Crippen molar-refractivity contribution in [1.29, 1.82) is 0 Å². The Hall–Kier alpha value is -2.44. The van der Waals surface area contributed by atoms with Gasteiger partial charge in [-0.2, -0.15) is 0 Å². The molecule has 2 aromatic rings. The smallest absolute Gasteiger partial charge is 0.295 e. The second-order valence-electron chi connectivity index (χ2n) is 5.43. The van der Waals surface area contributed by atoms with Crippen LogP contribution in [0.15, 0.2) is 18.2 Å². The Bertz CT molecular complexity index is 727. The van der Waals surface area contributed by atoms with Gasteiger partial charge in [-0.25, -0.2) is 9.37 Å². The maximum Gasteiger partial charge on any atom is 0.295 e. The molecule has 1 aromatic carbocycles. The number of hydrogen-bond acceptors (Lipinski definition) is 4. The van der Waals surface area contributed by atoms with Crippen LogP contribution in [0.2, 0.25) is 0 Å². The monoisotopic (exact) mass is 304 g/mol. The lowest BCUT2D eigenvalue weighted by Gasteiger charge is -2.16. The van der Waals surface area contributed by atoms with Crippen molar-refractivity contribution in [2.24, 2.45) is 0 Å². The van der Waals surface area contributed by atoms with Crippen molar-refractivity contribution in [1.82, 2.24) is 9.55 Å². The summed E-state index contributed by atoms with van der Waals surface area (Å²) in [7, 11) is 0. The number of nitro benzene ring substituents is 1. The predicted molar refractivity (Wildman–Crippen MR) is 80.3 cm³/mol. The highest BCUT2D eigenvalue weighted by Gasteiger charge is 2.19. The number of fused-ring (bicyclic) bond motifs is 1. The van der Waals surface area contributed by atoms with Gasteiger partial charge in [0.1, 0.15) is 17.3 Å². The highest BCUT2D eigenvalue weighted by Crippen LogP contribution is 2.27. The summed E-state index contributed by atoms with van der Waals surface area (Å²) in [4.78, 5) is 15.0.